The minimum atomic E-state index is -0.971. The van der Waals surface area contributed by atoms with E-state index in [-0.39, 0.29) is 5.56 Å². The highest BCUT2D eigenvalue weighted by Crippen LogP contribution is 2.21. The number of rotatable bonds is 4. The number of nitrogens with one attached hydrogen (secondary N) is 1. The number of carboxylic acid groups (broad SMARTS) is 1. The van der Waals surface area contributed by atoms with Crippen molar-refractivity contribution in [1.82, 2.24) is 10.1 Å². The third-order valence-electron chi connectivity index (χ3n) is 2.21. The number of carbonyl (C=O) groups is 1. The van der Waals surface area contributed by atoms with Crippen LogP contribution in [0.5, 0.6) is 0 Å². The highest BCUT2D eigenvalue weighted by molar-refractivity contribution is 9.10. The van der Waals surface area contributed by atoms with Gasteiger partial charge in [-0.3, -0.25) is 0 Å². The Balaban J connectivity index is 2.06. The van der Waals surface area contributed by atoms with Gasteiger partial charge in [-0.15, -0.1) is 0 Å². The molecule has 1 aromatic heterocycles. The number of nitrogens with zero attached hydrogens (tertiary/aromatic N) is 2. The number of hydrogen-bond acceptors (Lipinski definition) is 5. The second-order valence-electron chi connectivity index (χ2n) is 3.59. The van der Waals surface area contributed by atoms with Crippen LogP contribution in [0.15, 0.2) is 27.2 Å². The second-order valence-corrected chi connectivity index (χ2v) is 4.44. The topological polar surface area (TPSA) is 88.2 Å². The monoisotopic (exact) mass is 311 g/mol. The van der Waals surface area contributed by atoms with Crippen molar-refractivity contribution in [3.8, 4) is 0 Å². The molecular formula is C11H10BrN3O3. The number of halogens is 1. The summed E-state index contributed by atoms with van der Waals surface area (Å²) in [5.74, 6) is 0.0843. The highest BCUT2D eigenvalue weighted by Gasteiger charge is 2.09. The van der Waals surface area contributed by atoms with E-state index in [2.05, 4.69) is 31.4 Å². The van der Waals surface area contributed by atoms with Crippen molar-refractivity contribution in [2.75, 3.05) is 5.32 Å². The summed E-state index contributed by atoms with van der Waals surface area (Å²) in [6, 6.07) is 4.89. The van der Waals surface area contributed by atoms with E-state index in [1.165, 1.54) is 6.07 Å². The van der Waals surface area contributed by atoms with E-state index in [4.69, 9.17) is 9.63 Å². The van der Waals surface area contributed by atoms with E-state index < -0.39 is 5.97 Å². The van der Waals surface area contributed by atoms with Crippen molar-refractivity contribution in [1.29, 1.82) is 0 Å². The summed E-state index contributed by atoms with van der Waals surface area (Å²) < 4.78 is 5.46. The molecule has 18 heavy (non-hydrogen) atoms. The average molecular weight is 312 g/mol. The Morgan fingerprint density at radius 2 is 2.33 bits per heavy atom. The number of hydrogen-bond donors (Lipinski definition) is 2. The summed E-state index contributed by atoms with van der Waals surface area (Å²) in [6.45, 7) is 2.13. The third-order valence-corrected chi connectivity index (χ3v) is 2.87. The molecule has 7 heteroatoms. The maximum Gasteiger partial charge on any atom is 0.336 e. The van der Waals surface area contributed by atoms with Crippen LogP contribution in [0, 0.1) is 6.92 Å². The largest absolute Gasteiger partial charge is 0.478 e. The number of carboxylic acids is 1. The van der Waals surface area contributed by atoms with Crippen LogP contribution in [0.4, 0.5) is 5.69 Å². The van der Waals surface area contributed by atoms with Gasteiger partial charge in [0.05, 0.1) is 12.1 Å². The van der Waals surface area contributed by atoms with Crippen molar-refractivity contribution in [3.05, 3.63) is 40.0 Å². The molecule has 0 bridgehead atoms. The molecule has 0 atom stereocenters. The van der Waals surface area contributed by atoms with Crippen LogP contribution in [-0.4, -0.2) is 21.2 Å². The first-order valence-corrected chi connectivity index (χ1v) is 5.91. The summed E-state index contributed by atoms with van der Waals surface area (Å²) in [7, 11) is 0. The molecule has 2 N–H and O–H groups in total. The molecule has 94 valence electrons. The fourth-order valence-corrected chi connectivity index (χ4v) is 1.94. The first-order chi connectivity index (χ1) is 8.56. The molecule has 0 saturated carbocycles. The first kappa shape index (κ1) is 12.6. The Morgan fingerprint density at radius 1 is 1.56 bits per heavy atom. The molecule has 0 spiro atoms. The average Bonchev–Trinajstić information content (AvgIpc) is 2.72. The highest BCUT2D eigenvalue weighted by atomic mass is 79.9. The molecule has 2 rings (SSSR count). The van der Waals surface area contributed by atoms with Crippen LogP contribution in [0.1, 0.15) is 22.1 Å². The van der Waals surface area contributed by atoms with Crippen molar-refractivity contribution >= 4 is 27.6 Å². The van der Waals surface area contributed by atoms with E-state index in [1.807, 2.05) is 0 Å². The lowest BCUT2D eigenvalue weighted by Gasteiger charge is -2.05. The van der Waals surface area contributed by atoms with Crippen molar-refractivity contribution in [2.24, 2.45) is 0 Å². The molecule has 0 fully saturated rings. The predicted molar refractivity (Wildman–Crippen MR) is 67.5 cm³/mol. The zero-order valence-electron chi connectivity index (χ0n) is 9.48. The van der Waals surface area contributed by atoms with Gasteiger partial charge in [-0.05, 0) is 41.1 Å². The Morgan fingerprint density at radius 3 is 2.89 bits per heavy atom. The Kier molecular flexibility index (Phi) is 3.61. The standard InChI is InChI=1S/C11H10BrN3O3/c1-6-14-10(18-15-6)5-13-7-2-3-8(11(16)17)9(12)4-7/h2-4,13H,5H2,1H3,(H,16,17). The van der Waals surface area contributed by atoms with Gasteiger partial charge in [0.15, 0.2) is 5.82 Å². The molecule has 0 aliphatic carbocycles. The maximum absolute atomic E-state index is 10.8. The summed E-state index contributed by atoms with van der Waals surface area (Å²) in [4.78, 5) is 14.9. The molecule has 0 saturated heterocycles. The lowest BCUT2D eigenvalue weighted by Crippen LogP contribution is -2.02. The van der Waals surface area contributed by atoms with Crippen LogP contribution < -0.4 is 5.32 Å². The summed E-state index contributed by atoms with van der Waals surface area (Å²) >= 11 is 3.21. The van der Waals surface area contributed by atoms with Crippen LogP contribution in [0.3, 0.4) is 0 Å². The first-order valence-electron chi connectivity index (χ1n) is 5.12. The van der Waals surface area contributed by atoms with Crippen LogP contribution in [0.2, 0.25) is 0 Å². The van der Waals surface area contributed by atoms with Crippen molar-refractivity contribution < 1.29 is 14.4 Å². The van der Waals surface area contributed by atoms with E-state index in [9.17, 15) is 4.79 Å². The fraction of sp³-hybridized carbons (Fsp3) is 0.182. The van der Waals surface area contributed by atoms with Crippen LogP contribution in [-0.2, 0) is 6.54 Å². The number of aryl methyl sites for hydroxylation is 1. The zero-order chi connectivity index (χ0) is 13.1. The number of aromatic carboxylic acids is 1. The molecule has 2 aromatic rings. The molecule has 0 radical (unpaired) electrons. The molecule has 0 aliphatic heterocycles. The normalized spacial score (nSPS) is 10.3. The minimum Gasteiger partial charge on any atom is -0.478 e. The Labute approximate surface area is 111 Å². The third kappa shape index (κ3) is 2.86. The number of aromatic nitrogens is 2. The van der Waals surface area contributed by atoms with E-state index in [1.54, 1.807) is 19.1 Å². The maximum atomic E-state index is 10.8. The Bertz CT molecular complexity index is 583. The van der Waals surface area contributed by atoms with Gasteiger partial charge < -0.3 is 14.9 Å². The van der Waals surface area contributed by atoms with Gasteiger partial charge in [0.2, 0.25) is 5.89 Å². The van der Waals surface area contributed by atoms with Crippen LogP contribution >= 0.6 is 15.9 Å². The smallest absolute Gasteiger partial charge is 0.336 e. The molecule has 1 aromatic carbocycles. The lowest BCUT2D eigenvalue weighted by molar-refractivity contribution is 0.0696. The van der Waals surface area contributed by atoms with E-state index in [0.717, 1.165) is 5.69 Å². The van der Waals surface area contributed by atoms with Crippen LogP contribution in [0.25, 0.3) is 0 Å². The van der Waals surface area contributed by atoms with Crippen molar-refractivity contribution in [3.63, 3.8) is 0 Å². The zero-order valence-corrected chi connectivity index (χ0v) is 11.1. The molecule has 0 aliphatic rings. The molecule has 0 unspecified atom stereocenters. The van der Waals surface area contributed by atoms with Crippen molar-refractivity contribution in [2.45, 2.75) is 13.5 Å². The molecule has 1 heterocycles. The summed E-state index contributed by atoms with van der Waals surface area (Å²) in [6.07, 6.45) is 0. The number of anilines is 1. The van der Waals surface area contributed by atoms with Gasteiger partial charge in [-0.1, -0.05) is 5.16 Å². The van der Waals surface area contributed by atoms with Gasteiger partial charge in [-0.25, -0.2) is 4.79 Å². The number of benzene rings is 1. The quantitative estimate of drug-likeness (QED) is 0.901. The van der Waals surface area contributed by atoms with Gasteiger partial charge >= 0.3 is 5.97 Å². The van der Waals surface area contributed by atoms with Gasteiger partial charge in [0.1, 0.15) is 0 Å². The lowest BCUT2D eigenvalue weighted by atomic mass is 10.2. The molecule has 0 amide bonds. The molecular weight excluding hydrogens is 302 g/mol. The Hall–Kier alpha value is -1.89. The summed E-state index contributed by atoms with van der Waals surface area (Å²) in [5.41, 5.74) is 0.983. The van der Waals surface area contributed by atoms with E-state index in [0.29, 0.717) is 22.7 Å². The van der Waals surface area contributed by atoms with Gasteiger partial charge in [0.25, 0.3) is 0 Å². The van der Waals surface area contributed by atoms with Gasteiger partial charge in [0, 0.05) is 10.2 Å². The fourth-order valence-electron chi connectivity index (χ4n) is 1.39. The minimum absolute atomic E-state index is 0.217. The molecule has 6 nitrogen and oxygen atoms in total. The summed E-state index contributed by atoms with van der Waals surface area (Å²) in [5, 5.41) is 15.6. The van der Waals surface area contributed by atoms with Gasteiger partial charge in [-0.2, -0.15) is 4.98 Å². The SMILES string of the molecule is Cc1noc(CNc2ccc(C(=O)O)c(Br)c2)n1. The van der Waals surface area contributed by atoms with E-state index >= 15 is 0 Å². The second kappa shape index (κ2) is 5.18. The predicted octanol–water partition coefficient (Wildman–Crippen LogP) is 2.45.